The minimum absolute atomic E-state index is 0.00103. The van der Waals surface area contributed by atoms with Crippen LogP contribution < -0.4 is 5.32 Å². The number of amides is 2. The summed E-state index contributed by atoms with van der Waals surface area (Å²) in [5, 5.41) is 13.2. The summed E-state index contributed by atoms with van der Waals surface area (Å²) in [6.07, 6.45) is 1.94. The number of carbonyl (C=O) groups excluding carboxylic acids is 4. The number of hydrogen-bond acceptors (Lipinski definition) is 8. The topological polar surface area (TPSA) is 133 Å². The smallest absolute Gasteiger partial charge is 0.353 e. The van der Waals surface area contributed by atoms with E-state index in [2.05, 4.69) is 5.32 Å². The fourth-order valence-corrected chi connectivity index (χ4v) is 7.73. The molecule has 7 atom stereocenters. The van der Waals surface area contributed by atoms with Crippen molar-refractivity contribution < 1.29 is 33.8 Å². The van der Waals surface area contributed by atoms with Gasteiger partial charge in [-0.05, 0) is 31.6 Å². The van der Waals surface area contributed by atoms with Gasteiger partial charge in [0, 0.05) is 42.1 Å². The van der Waals surface area contributed by atoms with E-state index in [1.54, 1.807) is 4.90 Å². The number of carboxylic acids is 1. The van der Waals surface area contributed by atoms with E-state index in [-0.39, 0.29) is 70.3 Å². The van der Waals surface area contributed by atoms with Gasteiger partial charge in [-0.25, -0.2) is 4.79 Å². The number of likely N-dealkylation sites (tertiary alicyclic amines) is 1. The summed E-state index contributed by atoms with van der Waals surface area (Å²) >= 11 is 1.46. The third-order valence-electron chi connectivity index (χ3n) is 7.98. The summed E-state index contributed by atoms with van der Waals surface area (Å²) in [5.41, 5.74) is 0.0498. The predicted molar refractivity (Wildman–Crippen MR) is 132 cm³/mol. The summed E-state index contributed by atoms with van der Waals surface area (Å²) in [7, 11) is 1.36. The van der Waals surface area contributed by atoms with Gasteiger partial charge in [-0.1, -0.05) is 13.8 Å². The van der Waals surface area contributed by atoms with Crippen LogP contribution >= 0.6 is 11.8 Å². The number of rotatable bonds is 9. The molecule has 198 valence electrons. The number of hydrogen-bond donors (Lipinski definition) is 2. The molecule has 3 saturated heterocycles. The molecule has 0 saturated carbocycles. The van der Waals surface area contributed by atoms with Crippen molar-refractivity contribution in [2.45, 2.75) is 63.8 Å². The number of carboxylic acid groups (broad SMARTS) is 1. The Kier molecular flexibility index (Phi) is 7.80. The van der Waals surface area contributed by atoms with Gasteiger partial charge < -0.3 is 29.8 Å². The van der Waals surface area contributed by atoms with Crippen LogP contribution in [-0.2, 0) is 28.7 Å². The first-order valence-corrected chi connectivity index (χ1v) is 13.5. The van der Waals surface area contributed by atoms with Gasteiger partial charge in [-0.2, -0.15) is 0 Å². The Hall–Kier alpha value is -2.40. The van der Waals surface area contributed by atoms with E-state index in [4.69, 9.17) is 4.74 Å². The second-order valence-electron chi connectivity index (χ2n) is 10.6. The van der Waals surface area contributed by atoms with Gasteiger partial charge in [0.2, 0.25) is 11.8 Å². The average molecular weight is 522 g/mol. The molecule has 4 heterocycles. The van der Waals surface area contributed by atoms with Crippen molar-refractivity contribution >= 4 is 41.3 Å². The third kappa shape index (κ3) is 4.91. The molecule has 0 radical (unpaired) electrons. The van der Waals surface area contributed by atoms with Gasteiger partial charge in [-0.15, -0.1) is 11.8 Å². The number of β-lactam (4-membered cyclic amide) rings is 1. The number of nitrogens with one attached hydrogen (secondary N) is 1. The maximum Gasteiger partial charge on any atom is 0.353 e. The summed E-state index contributed by atoms with van der Waals surface area (Å²) in [6, 6.07) is -0.601. The molecule has 0 bridgehead atoms. The number of aliphatic carboxylic acids is 1. The number of Topliss-reactive ketones (excluding diaryl/α,β-unsaturated/α-hetero) is 1. The predicted octanol–water partition coefficient (Wildman–Crippen LogP) is 1.25. The molecule has 11 heteroatoms. The zero-order chi connectivity index (χ0) is 26.3. The molecule has 3 fully saturated rings. The van der Waals surface area contributed by atoms with Crippen LogP contribution in [0.5, 0.6) is 0 Å². The molecule has 36 heavy (non-hydrogen) atoms. The molecule has 2 amide bonds. The minimum Gasteiger partial charge on any atom is -0.477 e. The van der Waals surface area contributed by atoms with Crippen LogP contribution in [0.15, 0.2) is 10.6 Å². The Labute approximate surface area is 215 Å². The summed E-state index contributed by atoms with van der Waals surface area (Å²) in [5.74, 6) is -2.12. The third-order valence-corrected chi connectivity index (χ3v) is 9.49. The molecular weight excluding hydrogens is 486 g/mol. The summed E-state index contributed by atoms with van der Waals surface area (Å²) in [4.78, 5) is 65.2. The highest BCUT2D eigenvalue weighted by Crippen LogP contribution is 2.53. The number of esters is 1. The lowest BCUT2D eigenvalue weighted by Crippen LogP contribution is -2.62. The summed E-state index contributed by atoms with van der Waals surface area (Å²) in [6.45, 7) is 7.04. The van der Waals surface area contributed by atoms with Crippen LogP contribution in [0.25, 0.3) is 0 Å². The van der Waals surface area contributed by atoms with Gasteiger partial charge in [0.1, 0.15) is 11.5 Å². The van der Waals surface area contributed by atoms with Crippen molar-refractivity contribution in [1.29, 1.82) is 0 Å². The average Bonchev–Trinajstić information content (AvgIpc) is 3.51. The van der Waals surface area contributed by atoms with Gasteiger partial charge in [0.15, 0.2) is 0 Å². The highest BCUT2D eigenvalue weighted by atomic mass is 32.2. The quantitative estimate of drug-likeness (QED) is 0.340. The molecule has 0 aliphatic carbocycles. The first-order chi connectivity index (χ1) is 17.0. The van der Waals surface area contributed by atoms with E-state index in [0.717, 1.165) is 6.42 Å². The van der Waals surface area contributed by atoms with E-state index < -0.39 is 5.97 Å². The molecule has 4 aliphatic rings. The van der Waals surface area contributed by atoms with E-state index in [0.29, 0.717) is 43.8 Å². The SMILES string of the molecule is COC(=O)C[C@H]1CCN(C(=O)C2CC(SC3=C(C(=O)O)N4C(=O)[C@H]([C@@H](C)CC(C)=O)[C@@H]4[C@H]3C)CN2)C1. The molecule has 10 nitrogen and oxygen atoms in total. The van der Waals surface area contributed by atoms with E-state index in [9.17, 15) is 29.1 Å². The fourth-order valence-electron chi connectivity index (χ4n) is 6.25. The van der Waals surface area contributed by atoms with Crippen LogP contribution in [0.4, 0.5) is 0 Å². The molecule has 2 N–H and O–H groups in total. The Morgan fingerprint density at radius 3 is 2.64 bits per heavy atom. The van der Waals surface area contributed by atoms with Crippen LogP contribution in [0.1, 0.15) is 46.5 Å². The molecule has 0 aromatic carbocycles. The highest BCUT2D eigenvalue weighted by molar-refractivity contribution is 8.03. The van der Waals surface area contributed by atoms with Crippen molar-refractivity contribution in [2.24, 2.45) is 23.7 Å². The van der Waals surface area contributed by atoms with Crippen LogP contribution in [0.3, 0.4) is 0 Å². The van der Waals surface area contributed by atoms with Gasteiger partial charge >= 0.3 is 11.9 Å². The number of fused-ring (bicyclic) bond motifs is 1. The number of nitrogens with zero attached hydrogens (tertiary/aromatic N) is 2. The van der Waals surface area contributed by atoms with Gasteiger partial charge in [0.05, 0.1) is 31.5 Å². The van der Waals surface area contributed by atoms with Crippen molar-refractivity contribution in [1.82, 2.24) is 15.1 Å². The van der Waals surface area contributed by atoms with Gasteiger partial charge in [0.25, 0.3) is 0 Å². The lowest BCUT2D eigenvalue weighted by molar-refractivity contribution is -0.160. The second kappa shape index (κ2) is 10.5. The monoisotopic (exact) mass is 521 g/mol. The number of carbonyl (C=O) groups is 5. The molecule has 4 rings (SSSR count). The first-order valence-electron chi connectivity index (χ1n) is 12.6. The number of thioether (sulfide) groups is 1. The van der Waals surface area contributed by atoms with Crippen molar-refractivity contribution in [3.8, 4) is 0 Å². The zero-order valence-corrected chi connectivity index (χ0v) is 22.0. The van der Waals surface area contributed by atoms with E-state index in [1.807, 2.05) is 13.8 Å². The maximum atomic E-state index is 13.1. The van der Waals surface area contributed by atoms with Crippen molar-refractivity contribution in [2.75, 3.05) is 26.7 Å². The second-order valence-corrected chi connectivity index (χ2v) is 11.9. The Bertz CT molecular complexity index is 998. The van der Waals surface area contributed by atoms with E-state index >= 15 is 0 Å². The largest absolute Gasteiger partial charge is 0.477 e. The molecule has 0 aromatic rings. The number of ketones is 1. The molecule has 0 aromatic heterocycles. The summed E-state index contributed by atoms with van der Waals surface area (Å²) < 4.78 is 4.74. The normalized spacial score (nSPS) is 32.4. The molecule has 2 unspecified atom stereocenters. The van der Waals surface area contributed by atoms with E-state index in [1.165, 1.54) is 30.7 Å². The molecular formula is C25H35N3O7S. The Morgan fingerprint density at radius 1 is 1.28 bits per heavy atom. The van der Waals surface area contributed by atoms with Crippen molar-refractivity contribution in [3.63, 3.8) is 0 Å². The lowest BCUT2D eigenvalue weighted by Gasteiger charge is -2.47. The number of ether oxygens (including phenoxy) is 1. The van der Waals surface area contributed by atoms with Crippen LogP contribution in [0, 0.1) is 23.7 Å². The van der Waals surface area contributed by atoms with Crippen molar-refractivity contribution in [3.05, 3.63) is 10.6 Å². The number of methoxy groups -OCH3 is 1. The molecule has 4 aliphatic heterocycles. The van der Waals surface area contributed by atoms with Crippen LogP contribution in [-0.4, -0.2) is 88.5 Å². The van der Waals surface area contributed by atoms with Gasteiger partial charge in [-0.3, -0.25) is 14.4 Å². The minimum atomic E-state index is -1.12. The zero-order valence-electron chi connectivity index (χ0n) is 21.2. The highest BCUT2D eigenvalue weighted by Gasteiger charge is 2.60. The Balaban J connectivity index is 1.39. The van der Waals surface area contributed by atoms with Crippen LogP contribution in [0.2, 0.25) is 0 Å². The standard InChI is InChI=1S/C25H35N3O7S/c1-12(7-13(2)29)19-20-14(3)22(21(25(33)34)28(20)24(19)32)36-16-9-17(26-10-16)23(31)27-6-5-15(11-27)8-18(30)35-4/h12,14-17,19-20,26H,5-11H2,1-4H3,(H,33,34)/t12-,14+,15+,16?,17?,19+,20-/m0/s1. The maximum absolute atomic E-state index is 13.1. The fraction of sp³-hybridized carbons (Fsp3) is 0.720. The first kappa shape index (κ1) is 26.7. The Morgan fingerprint density at radius 2 is 2.00 bits per heavy atom. The molecule has 0 spiro atoms. The lowest BCUT2D eigenvalue weighted by atomic mass is 9.73.